The number of rotatable bonds is 1. The van der Waals surface area contributed by atoms with Crippen molar-refractivity contribution >= 4 is 11.0 Å². The second-order valence-electron chi connectivity index (χ2n) is 5.12. The summed E-state index contributed by atoms with van der Waals surface area (Å²) in [4.78, 5) is 23.0. The molecule has 0 unspecified atom stereocenters. The van der Waals surface area contributed by atoms with Gasteiger partial charge in [-0.15, -0.1) is 0 Å². The molecule has 0 saturated carbocycles. The molecule has 0 aliphatic carbocycles. The largest absolute Gasteiger partial charge is 0.310 e. The Morgan fingerprint density at radius 3 is 2.81 bits per heavy atom. The zero-order chi connectivity index (χ0) is 11.8. The zero-order valence-electron chi connectivity index (χ0n) is 9.74. The van der Waals surface area contributed by atoms with E-state index in [1.807, 2.05) is 0 Å². The standard InChI is InChI=1S/C12H15N3O/c1-12(2,3)7-9-14-10-8(11(16)15-9)5-4-6-13-10/h4-6H,7H2,1-3H3,(H,13,14,15,16). The van der Waals surface area contributed by atoms with Gasteiger partial charge in [-0.25, -0.2) is 9.97 Å². The Balaban J connectivity index is 2.54. The molecule has 0 aliphatic heterocycles. The van der Waals surface area contributed by atoms with Crippen molar-refractivity contribution in [2.45, 2.75) is 27.2 Å². The smallest absolute Gasteiger partial charge is 0.260 e. The molecule has 2 aromatic rings. The van der Waals surface area contributed by atoms with Gasteiger partial charge in [0.05, 0.1) is 5.39 Å². The number of pyridine rings is 1. The van der Waals surface area contributed by atoms with Crippen molar-refractivity contribution in [2.24, 2.45) is 5.41 Å². The fourth-order valence-electron chi connectivity index (χ4n) is 1.60. The molecular formula is C12H15N3O. The molecule has 2 heterocycles. The van der Waals surface area contributed by atoms with Gasteiger partial charge < -0.3 is 4.98 Å². The van der Waals surface area contributed by atoms with Crippen LogP contribution in [0.4, 0.5) is 0 Å². The lowest BCUT2D eigenvalue weighted by Crippen LogP contribution is -2.18. The lowest BCUT2D eigenvalue weighted by molar-refractivity contribution is 0.401. The predicted octanol–water partition coefficient (Wildman–Crippen LogP) is 1.91. The van der Waals surface area contributed by atoms with Crippen LogP contribution in [0.25, 0.3) is 11.0 Å². The van der Waals surface area contributed by atoms with Gasteiger partial charge in [0, 0.05) is 12.6 Å². The summed E-state index contributed by atoms with van der Waals surface area (Å²) < 4.78 is 0. The van der Waals surface area contributed by atoms with Crippen LogP contribution >= 0.6 is 0 Å². The topological polar surface area (TPSA) is 58.6 Å². The van der Waals surface area contributed by atoms with Crippen molar-refractivity contribution in [3.8, 4) is 0 Å². The fourth-order valence-corrected chi connectivity index (χ4v) is 1.60. The maximum Gasteiger partial charge on any atom is 0.260 e. The van der Waals surface area contributed by atoms with Crippen LogP contribution in [0.15, 0.2) is 23.1 Å². The van der Waals surface area contributed by atoms with E-state index >= 15 is 0 Å². The molecule has 84 valence electrons. The Kier molecular flexibility index (Phi) is 2.50. The second-order valence-corrected chi connectivity index (χ2v) is 5.12. The molecule has 0 bridgehead atoms. The molecule has 0 aromatic carbocycles. The van der Waals surface area contributed by atoms with E-state index < -0.39 is 0 Å². The third-order valence-corrected chi connectivity index (χ3v) is 2.23. The number of aromatic amines is 1. The predicted molar refractivity (Wildman–Crippen MR) is 63.3 cm³/mol. The molecule has 2 rings (SSSR count). The van der Waals surface area contributed by atoms with Gasteiger partial charge in [-0.2, -0.15) is 0 Å². The first-order valence-electron chi connectivity index (χ1n) is 5.30. The molecule has 0 fully saturated rings. The van der Waals surface area contributed by atoms with Crippen molar-refractivity contribution in [1.82, 2.24) is 15.0 Å². The van der Waals surface area contributed by atoms with Crippen molar-refractivity contribution in [1.29, 1.82) is 0 Å². The number of aromatic nitrogens is 3. The molecule has 4 nitrogen and oxygen atoms in total. The average molecular weight is 217 g/mol. The van der Waals surface area contributed by atoms with Crippen molar-refractivity contribution < 1.29 is 0 Å². The van der Waals surface area contributed by atoms with Crippen LogP contribution in [0.3, 0.4) is 0 Å². The molecule has 0 amide bonds. The first kappa shape index (κ1) is 10.8. The zero-order valence-corrected chi connectivity index (χ0v) is 9.74. The van der Waals surface area contributed by atoms with Crippen molar-refractivity contribution in [3.63, 3.8) is 0 Å². The SMILES string of the molecule is CC(C)(C)Cc1nc2ncccc2c(=O)[nH]1. The minimum Gasteiger partial charge on any atom is -0.310 e. The highest BCUT2D eigenvalue weighted by molar-refractivity contribution is 5.72. The van der Waals surface area contributed by atoms with Gasteiger partial charge in [0.1, 0.15) is 5.82 Å². The molecule has 0 atom stereocenters. The molecule has 0 radical (unpaired) electrons. The number of hydrogen-bond donors (Lipinski definition) is 1. The quantitative estimate of drug-likeness (QED) is 0.793. The Hall–Kier alpha value is -1.71. The van der Waals surface area contributed by atoms with Gasteiger partial charge in [0.15, 0.2) is 5.65 Å². The van der Waals surface area contributed by atoms with E-state index in [9.17, 15) is 4.79 Å². The third-order valence-electron chi connectivity index (χ3n) is 2.23. The summed E-state index contributed by atoms with van der Waals surface area (Å²) >= 11 is 0. The summed E-state index contributed by atoms with van der Waals surface area (Å²) in [6, 6.07) is 3.47. The third kappa shape index (κ3) is 2.27. The Bertz CT molecular complexity index is 566. The van der Waals surface area contributed by atoms with E-state index in [0.717, 1.165) is 6.42 Å². The Morgan fingerprint density at radius 1 is 1.38 bits per heavy atom. The van der Waals surface area contributed by atoms with Crippen molar-refractivity contribution in [3.05, 3.63) is 34.5 Å². The summed E-state index contributed by atoms with van der Waals surface area (Å²) in [7, 11) is 0. The minimum absolute atomic E-state index is 0.0956. The monoisotopic (exact) mass is 217 g/mol. The number of fused-ring (bicyclic) bond motifs is 1. The number of hydrogen-bond acceptors (Lipinski definition) is 3. The number of H-pyrrole nitrogens is 1. The van der Waals surface area contributed by atoms with E-state index in [1.54, 1.807) is 18.3 Å². The Labute approximate surface area is 93.8 Å². The van der Waals surface area contributed by atoms with Crippen molar-refractivity contribution in [2.75, 3.05) is 0 Å². The molecular weight excluding hydrogens is 202 g/mol. The van der Waals surface area contributed by atoms with Gasteiger partial charge in [0.25, 0.3) is 5.56 Å². The number of nitrogens with one attached hydrogen (secondary N) is 1. The van der Waals surface area contributed by atoms with Crippen LogP contribution in [-0.4, -0.2) is 15.0 Å². The highest BCUT2D eigenvalue weighted by Crippen LogP contribution is 2.18. The maximum atomic E-state index is 11.7. The van der Waals surface area contributed by atoms with E-state index in [4.69, 9.17) is 0 Å². The summed E-state index contributed by atoms with van der Waals surface area (Å²) in [5.41, 5.74) is 0.501. The minimum atomic E-state index is -0.114. The second kappa shape index (κ2) is 3.70. The van der Waals surface area contributed by atoms with Gasteiger partial charge in [0.2, 0.25) is 0 Å². The first-order chi connectivity index (χ1) is 7.46. The normalized spacial score (nSPS) is 11.9. The lowest BCUT2D eigenvalue weighted by atomic mass is 9.92. The molecule has 4 heteroatoms. The first-order valence-corrected chi connectivity index (χ1v) is 5.30. The molecule has 2 aromatic heterocycles. The van der Waals surface area contributed by atoms with E-state index in [1.165, 1.54) is 0 Å². The van der Waals surface area contributed by atoms with Crippen LogP contribution in [0.5, 0.6) is 0 Å². The molecule has 0 saturated heterocycles. The van der Waals surface area contributed by atoms with Crippen LogP contribution < -0.4 is 5.56 Å². The molecule has 16 heavy (non-hydrogen) atoms. The van der Waals surface area contributed by atoms with E-state index in [-0.39, 0.29) is 11.0 Å². The lowest BCUT2D eigenvalue weighted by Gasteiger charge is -2.16. The summed E-state index contributed by atoms with van der Waals surface area (Å²) in [5, 5.41) is 0.542. The highest BCUT2D eigenvalue weighted by Gasteiger charge is 2.14. The molecule has 1 N–H and O–H groups in total. The summed E-state index contributed by atoms with van der Waals surface area (Å²) in [6.45, 7) is 6.32. The van der Waals surface area contributed by atoms with E-state index in [2.05, 4.69) is 35.7 Å². The van der Waals surface area contributed by atoms with Gasteiger partial charge >= 0.3 is 0 Å². The maximum absolute atomic E-state index is 11.7. The van der Waals surface area contributed by atoms with Crippen LogP contribution in [-0.2, 0) is 6.42 Å². The summed E-state index contributed by atoms with van der Waals surface area (Å²) in [5.74, 6) is 0.698. The molecule has 0 spiro atoms. The molecule has 0 aliphatic rings. The van der Waals surface area contributed by atoms with Crippen LogP contribution in [0.1, 0.15) is 26.6 Å². The van der Waals surface area contributed by atoms with Crippen LogP contribution in [0, 0.1) is 5.41 Å². The van der Waals surface area contributed by atoms with E-state index in [0.29, 0.717) is 16.9 Å². The number of nitrogens with zero attached hydrogens (tertiary/aromatic N) is 2. The van der Waals surface area contributed by atoms with Gasteiger partial charge in [-0.05, 0) is 17.5 Å². The average Bonchev–Trinajstić information content (AvgIpc) is 2.15. The summed E-state index contributed by atoms with van der Waals surface area (Å²) in [6.07, 6.45) is 2.38. The highest BCUT2D eigenvalue weighted by atomic mass is 16.1. The van der Waals surface area contributed by atoms with Gasteiger partial charge in [-0.1, -0.05) is 20.8 Å². The fraction of sp³-hybridized carbons (Fsp3) is 0.417. The Morgan fingerprint density at radius 2 is 2.12 bits per heavy atom. The van der Waals surface area contributed by atoms with Crippen LogP contribution in [0.2, 0.25) is 0 Å². The van der Waals surface area contributed by atoms with Gasteiger partial charge in [-0.3, -0.25) is 4.79 Å².